The summed E-state index contributed by atoms with van der Waals surface area (Å²) in [7, 11) is 0. The molecule has 0 saturated carbocycles. The Morgan fingerprint density at radius 1 is 1.00 bits per heavy atom. The van der Waals surface area contributed by atoms with E-state index in [0.717, 1.165) is 5.69 Å². The monoisotopic (exact) mass is 400 g/mol. The molecular weight excluding hydrogens is 372 g/mol. The highest BCUT2D eigenvalue weighted by atomic mass is 16.5. The molecule has 1 spiro atoms. The second kappa shape index (κ2) is 8.02. The Morgan fingerprint density at radius 2 is 1.66 bits per heavy atom. The van der Waals surface area contributed by atoms with Crippen molar-refractivity contribution in [2.75, 3.05) is 57.5 Å². The van der Waals surface area contributed by atoms with Crippen LogP contribution in [0.25, 0.3) is 0 Å². The Bertz CT molecular complexity index is 770. The van der Waals surface area contributed by atoms with Crippen LogP contribution in [0.3, 0.4) is 0 Å². The van der Waals surface area contributed by atoms with Gasteiger partial charge in [0, 0.05) is 38.8 Å². The molecule has 3 aliphatic heterocycles. The van der Waals surface area contributed by atoms with Crippen LogP contribution in [0.4, 0.5) is 5.69 Å². The average molecular weight is 400 g/mol. The summed E-state index contributed by atoms with van der Waals surface area (Å²) in [6, 6.07) is 9.87. The van der Waals surface area contributed by atoms with E-state index in [1.54, 1.807) is 21.6 Å². The number of anilines is 1. The number of carbonyl (C=O) groups is 3. The molecule has 0 aromatic heterocycles. The lowest BCUT2D eigenvalue weighted by atomic mass is 9.85. The summed E-state index contributed by atoms with van der Waals surface area (Å²) >= 11 is 0. The molecule has 3 fully saturated rings. The number of morpholine rings is 1. The molecule has 8 nitrogen and oxygen atoms in total. The fraction of sp³-hybridized carbons (Fsp3) is 0.571. The highest BCUT2D eigenvalue weighted by Crippen LogP contribution is 2.39. The number of ether oxygens (including phenoxy) is 1. The predicted octanol–water partition coefficient (Wildman–Crippen LogP) is 0.533. The van der Waals surface area contributed by atoms with E-state index >= 15 is 0 Å². The fourth-order valence-electron chi connectivity index (χ4n) is 4.59. The number of piperidine rings is 1. The van der Waals surface area contributed by atoms with Crippen molar-refractivity contribution in [3.05, 3.63) is 30.3 Å². The number of hydrogen-bond donors (Lipinski definition) is 0. The molecule has 0 aliphatic carbocycles. The molecule has 3 heterocycles. The first-order valence-corrected chi connectivity index (χ1v) is 10.2. The summed E-state index contributed by atoms with van der Waals surface area (Å²) in [4.78, 5) is 45.4. The second-order valence-electron chi connectivity index (χ2n) is 7.94. The smallest absolute Gasteiger partial charge is 0.250 e. The van der Waals surface area contributed by atoms with Gasteiger partial charge >= 0.3 is 0 Å². The summed E-state index contributed by atoms with van der Waals surface area (Å²) in [6.07, 6.45) is 1.14. The summed E-state index contributed by atoms with van der Waals surface area (Å²) in [5.74, 6) is -0.00467. The van der Waals surface area contributed by atoms with Crippen molar-refractivity contribution in [3.8, 4) is 0 Å². The minimum absolute atomic E-state index is 0.00818. The van der Waals surface area contributed by atoms with E-state index in [9.17, 15) is 14.4 Å². The number of para-hydroxylation sites is 1. The van der Waals surface area contributed by atoms with E-state index in [-0.39, 0.29) is 24.3 Å². The zero-order valence-corrected chi connectivity index (χ0v) is 16.9. The van der Waals surface area contributed by atoms with Gasteiger partial charge in [-0.1, -0.05) is 18.2 Å². The standard InChI is InChI=1S/C21H28N4O4/c1-17(26)22-9-7-21(8-10-22)20(28)24(15-19(27)23-11-13-29-14-12-23)16-25(21)18-5-3-2-4-6-18/h2-6H,7-16H2,1H3. The van der Waals surface area contributed by atoms with Crippen molar-refractivity contribution in [1.29, 1.82) is 0 Å². The number of amides is 3. The summed E-state index contributed by atoms with van der Waals surface area (Å²) in [6.45, 7) is 5.37. The van der Waals surface area contributed by atoms with Gasteiger partial charge in [0.1, 0.15) is 12.1 Å². The molecule has 3 aliphatic rings. The van der Waals surface area contributed by atoms with Gasteiger partial charge in [0.25, 0.3) is 5.91 Å². The van der Waals surface area contributed by atoms with E-state index in [1.165, 1.54) is 0 Å². The number of carbonyl (C=O) groups excluding carboxylic acids is 3. The Morgan fingerprint density at radius 3 is 2.28 bits per heavy atom. The molecule has 0 unspecified atom stereocenters. The Balaban J connectivity index is 1.56. The number of rotatable bonds is 3. The molecule has 156 valence electrons. The molecule has 3 amide bonds. The first kappa shape index (κ1) is 19.7. The molecule has 0 atom stereocenters. The van der Waals surface area contributed by atoms with Crippen molar-refractivity contribution < 1.29 is 19.1 Å². The minimum atomic E-state index is -0.696. The van der Waals surface area contributed by atoms with Gasteiger partial charge < -0.3 is 24.3 Å². The van der Waals surface area contributed by atoms with E-state index in [0.29, 0.717) is 58.9 Å². The van der Waals surface area contributed by atoms with Crippen molar-refractivity contribution in [1.82, 2.24) is 14.7 Å². The number of hydrogen-bond acceptors (Lipinski definition) is 5. The predicted molar refractivity (Wildman–Crippen MR) is 107 cm³/mol. The van der Waals surface area contributed by atoms with Crippen LogP contribution in [0.15, 0.2) is 30.3 Å². The van der Waals surface area contributed by atoms with Crippen LogP contribution in [0, 0.1) is 0 Å². The van der Waals surface area contributed by atoms with Crippen LogP contribution in [-0.4, -0.2) is 90.6 Å². The van der Waals surface area contributed by atoms with Crippen molar-refractivity contribution in [2.45, 2.75) is 25.3 Å². The maximum Gasteiger partial charge on any atom is 0.250 e. The molecule has 0 radical (unpaired) electrons. The maximum atomic E-state index is 13.5. The quantitative estimate of drug-likeness (QED) is 0.740. The Kier molecular flexibility index (Phi) is 5.45. The van der Waals surface area contributed by atoms with Crippen LogP contribution in [0.1, 0.15) is 19.8 Å². The van der Waals surface area contributed by atoms with Gasteiger partial charge in [-0.05, 0) is 25.0 Å². The van der Waals surface area contributed by atoms with E-state index in [2.05, 4.69) is 4.90 Å². The number of nitrogens with zero attached hydrogens (tertiary/aromatic N) is 4. The maximum absolute atomic E-state index is 13.5. The number of benzene rings is 1. The lowest BCUT2D eigenvalue weighted by Gasteiger charge is -2.43. The largest absolute Gasteiger partial charge is 0.378 e. The van der Waals surface area contributed by atoms with Crippen LogP contribution in [0.5, 0.6) is 0 Å². The van der Waals surface area contributed by atoms with Crippen LogP contribution in [-0.2, 0) is 19.1 Å². The Labute approximate surface area is 171 Å². The number of likely N-dealkylation sites (tertiary alicyclic amines) is 1. The molecule has 0 bridgehead atoms. The summed E-state index contributed by atoms with van der Waals surface area (Å²) < 4.78 is 5.32. The average Bonchev–Trinajstić information content (AvgIpc) is 3.01. The molecule has 0 N–H and O–H groups in total. The van der Waals surface area contributed by atoms with Gasteiger partial charge in [0.15, 0.2) is 0 Å². The van der Waals surface area contributed by atoms with Crippen LogP contribution < -0.4 is 4.90 Å². The lowest BCUT2D eigenvalue weighted by molar-refractivity contribution is -0.143. The van der Waals surface area contributed by atoms with Gasteiger partial charge in [-0.15, -0.1) is 0 Å². The molecule has 1 aromatic rings. The third-order valence-corrected chi connectivity index (χ3v) is 6.31. The summed E-state index contributed by atoms with van der Waals surface area (Å²) in [5.41, 5.74) is 0.275. The lowest BCUT2D eigenvalue weighted by Crippen LogP contribution is -2.57. The second-order valence-corrected chi connectivity index (χ2v) is 7.94. The topological polar surface area (TPSA) is 73.4 Å². The van der Waals surface area contributed by atoms with E-state index < -0.39 is 5.54 Å². The SMILES string of the molecule is CC(=O)N1CCC2(CC1)C(=O)N(CC(=O)N1CCOCC1)CN2c1ccccc1. The third kappa shape index (κ3) is 3.69. The molecule has 4 rings (SSSR count). The normalized spacial score (nSPS) is 21.8. The van der Waals surface area contributed by atoms with Crippen molar-refractivity contribution in [3.63, 3.8) is 0 Å². The van der Waals surface area contributed by atoms with Crippen LogP contribution >= 0.6 is 0 Å². The molecular formula is C21H28N4O4. The van der Waals surface area contributed by atoms with Gasteiger partial charge in [-0.25, -0.2) is 0 Å². The zero-order chi connectivity index (χ0) is 20.4. The molecule has 1 aromatic carbocycles. The van der Waals surface area contributed by atoms with E-state index in [1.807, 2.05) is 30.3 Å². The molecule has 8 heteroatoms. The van der Waals surface area contributed by atoms with Gasteiger partial charge in [0.2, 0.25) is 11.8 Å². The highest BCUT2D eigenvalue weighted by molar-refractivity contribution is 5.96. The van der Waals surface area contributed by atoms with Gasteiger partial charge in [-0.2, -0.15) is 0 Å². The van der Waals surface area contributed by atoms with Crippen molar-refractivity contribution >= 4 is 23.4 Å². The first-order valence-electron chi connectivity index (χ1n) is 10.2. The third-order valence-electron chi connectivity index (χ3n) is 6.31. The van der Waals surface area contributed by atoms with Gasteiger partial charge in [-0.3, -0.25) is 14.4 Å². The first-order chi connectivity index (χ1) is 14.0. The minimum Gasteiger partial charge on any atom is -0.378 e. The summed E-state index contributed by atoms with van der Waals surface area (Å²) in [5, 5.41) is 0. The molecule has 3 saturated heterocycles. The zero-order valence-electron chi connectivity index (χ0n) is 16.9. The van der Waals surface area contributed by atoms with Crippen molar-refractivity contribution in [2.24, 2.45) is 0 Å². The van der Waals surface area contributed by atoms with Gasteiger partial charge in [0.05, 0.1) is 19.9 Å². The van der Waals surface area contributed by atoms with E-state index in [4.69, 9.17) is 4.74 Å². The fourth-order valence-corrected chi connectivity index (χ4v) is 4.59. The molecule has 29 heavy (non-hydrogen) atoms. The Hall–Kier alpha value is -2.61. The van der Waals surface area contributed by atoms with Crippen LogP contribution in [0.2, 0.25) is 0 Å². The highest BCUT2D eigenvalue weighted by Gasteiger charge is 2.54.